The molecule has 0 radical (unpaired) electrons. The van der Waals surface area contributed by atoms with Crippen molar-refractivity contribution < 1.29 is 0 Å². The van der Waals surface area contributed by atoms with Crippen LogP contribution in [0.2, 0.25) is 5.02 Å². The van der Waals surface area contributed by atoms with E-state index in [-0.39, 0.29) is 0 Å². The molecular weight excluding hydrogens is 348 g/mol. The molecule has 130 valence electrons. The monoisotopic (exact) mass is 364 g/mol. The Morgan fingerprint density at radius 3 is 2.58 bits per heavy atom. The summed E-state index contributed by atoms with van der Waals surface area (Å²) < 4.78 is 1.75. The average molecular weight is 365 g/mol. The summed E-state index contributed by atoms with van der Waals surface area (Å²) in [6.07, 6.45) is 0. The highest BCUT2D eigenvalue weighted by Gasteiger charge is 2.14. The number of halogens is 1. The number of aromatic nitrogens is 5. The molecular formula is C19H17ClN6. The van der Waals surface area contributed by atoms with Gasteiger partial charge in [-0.05, 0) is 24.1 Å². The number of nitrogens with one attached hydrogen (secondary N) is 1. The molecule has 0 aliphatic carbocycles. The second kappa shape index (κ2) is 7.09. The van der Waals surface area contributed by atoms with Crippen LogP contribution < -0.4 is 5.32 Å². The molecule has 0 unspecified atom stereocenters. The van der Waals surface area contributed by atoms with Gasteiger partial charge in [0.25, 0.3) is 0 Å². The Kier molecular flexibility index (Phi) is 4.50. The van der Waals surface area contributed by atoms with Crippen molar-refractivity contribution in [2.75, 3.05) is 5.32 Å². The van der Waals surface area contributed by atoms with Crippen molar-refractivity contribution in [3.05, 3.63) is 76.6 Å². The molecule has 0 atom stereocenters. The number of benzene rings is 2. The van der Waals surface area contributed by atoms with E-state index in [1.54, 1.807) is 4.68 Å². The SMILES string of the molecule is Cc1nc(NCc2ccccc2)c2nnn(Cc3ccccc3Cl)c2n1. The minimum atomic E-state index is 0.505. The smallest absolute Gasteiger partial charge is 0.184 e. The molecule has 4 rings (SSSR count). The lowest BCUT2D eigenvalue weighted by atomic mass is 10.2. The van der Waals surface area contributed by atoms with Crippen LogP contribution in [0.4, 0.5) is 5.82 Å². The predicted molar refractivity (Wildman–Crippen MR) is 102 cm³/mol. The Balaban J connectivity index is 1.66. The van der Waals surface area contributed by atoms with Gasteiger partial charge in [-0.25, -0.2) is 14.6 Å². The van der Waals surface area contributed by atoms with Gasteiger partial charge in [0.15, 0.2) is 17.0 Å². The molecule has 0 spiro atoms. The summed E-state index contributed by atoms with van der Waals surface area (Å²) in [5.41, 5.74) is 3.47. The van der Waals surface area contributed by atoms with E-state index in [1.165, 1.54) is 5.56 Å². The molecule has 4 aromatic rings. The molecule has 2 aromatic carbocycles. The molecule has 0 aliphatic rings. The first-order valence-electron chi connectivity index (χ1n) is 8.30. The first-order valence-corrected chi connectivity index (χ1v) is 8.67. The fourth-order valence-electron chi connectivity index (χ4n) is 2.76. The minimum absolute atomic E-state index is 0.505. The maximum Gasteiger partial charge on any atom is 0.184 e. The normalized spacial score (nSPS) is 11.0. The number of hydrogen-bond donors (Lipinski definition) is 1. The summed E-state index contributed by atoms with van der Waals surface area (Å²) in [5, 5.41) is 12.6. The number of aryl methyl sites for hydroxylation is 1. The van der Waals surface area contributed by atoms with Crippen molar-refractivity contribution in [3.8, 4) is 0 Å². The van der Waals surface area contributed by atoms with Gasteiger partial charge in [0.05, 0.1) is 6.54 Å². The molecule has 1 N–H and O–H groups in total. The lowest BCUT2D eigenvalue weighted by Gasteiger charge is -2.08. The van der Waals surface area contributed by atoms with Crippen LogP contribution in [0, 0.1) is 6.92 Å². The molecule has 0 bridgehead atoms. The topological polar surface area (TPSA) is 68.5 Å². The van der Waals surface area contributed by atoms with Crippen molar-refractivity contribution in [3.63, 3.8) is 0 Å². The number of hydrogen-bond acceptors (Lipinski definition) is 5. The van der Waals surface area contributed by atoms with E-state index in [4.69, 9.17) is 11.6 Å². The van der Waals surface area contributed by atoms with Crippen LogP contribution in [0.1, 0.15) is 17.0 Å². The summed E-state index contributed by atoms with van der Waals surface area (Å²) in [6, 6.07) is 17.8. The maximum atomic E-state index is 6.27. The van der Waals surface area contributed by atoms with Gasteiger partial charge < -0.3 is 5.32 Å². The van der Waals surface area contributed by atoms with Crippen LogP contribution in [0.15, 0.2) is 54.6 Å². The Bertz CT molecular complexity index is 1040. The van der Waals surface area contributed by atoms with Gasteiger partial charge in [0.2, 0.25) is 0 Å². The van der Waals surface area contributed by atoms with Gasteiger partial charge in [-0.15, -0.1) is 5.10 Å². The van der Waals surface area contributed by atoms with E-state index in [9.17, 15) is 0 Å². The molecule has 6 nitrogen and oxygen atoms in total. The number of anilines is 1. The van der Waals surface area contributed by atoms with Gasteiger partial charge in [-0.2, -0.15) is 0 Å². The van der Waals surface area contributed by atoms with Gasteiger partial charge >= 0.3 is 0 Å². The second-order valence-electron chi connectivity index (χ2n) is 5.97. The van der Waals surface area contributed by atoms with E-state index in [0.29, 0.717) is 40.9 Å². The fourth-order valence-corrected chi connectivity index (χ4v) is 2.96. The van der Waals surface area contributed by atoms with Gasteiger partial charge in [-0.3, -0.25) is 0 Å². The van der Waals surface area contributed by atoms with Crippen LogP contribution in [0.25, 0.3) is 11.2 Å². The van der Waals surface area contributed by atoms with Crippen molar-refractivity contribution in [2.45, 2.75) is 20.0 Å². The summed E-state index contributed by atoms with van der Waals surface area (Å²) in [4.78, 5) is 9.01. The van der Waals surface area contributed by atoms with Gasteiger partial charge in [-0.1, -0.05) is 65.3 Å². The summed E-state index contributed by atoms with van der Waals surface area (Å²) in [7, 11) is 0. The van der Waals surface area contributed by atoms with Crippen LogP contribution in [-0.2, 0) is 13.1 Å². The number of fused-ring (bicyclic) bond motifs is 1. The molecule has 7 heteroatoms. The highest BCUT2D eigenvalue weighted by atomic mass is 35.5. The average Bonchev–Trinajstić information content (AvgIpc) is 3.05. The fraction of sp³-hybridized carbons (Fsp3) is 0.158. The van der Waals surface area contributed by atoms with Crippen molar-refractivity contribution >= 4 is 28.6 Å². The Hall–Kier alpha value is -2.99. The van der Waals surface area contributed by atoms with Crippen LogP contribution in [0.5, 0.6) is 0 Å². The van der Waals surface area contributed by atoms with E-state index >= 15 is 0 Å². The minimum Gasteiger partial charge on any atom is -0.364 e. The summed E-state index contributed by atoms with van der Waals surface area (Å²) in [5.74, 6) is 1.34. The first kappa shape index (κ1) is 16.5. The van der Waals surface area contributed by atoms with Gasteiger partial charge in [0, 0.05) is 11.6 Å². The predicted octanol–water partition coefficient (Wildman–Crippen LogP) is 3.84. The van der Waals surface area contributed by atoms with Crippen molar-refractivity contribution in [1.29, 1.82) is 0 Å². The van der Waals surface area contributed by atoms with E-state index in [2.05, 4.69) is 37.7 Å². The third-order valence-electron chi connectivity index (χ3n) is 4.06. The molecule has 0 saturated heterocycles. The number of nitrogens with zero attached hydrogens (tertiary/aromatic N) is 5. The van der Waals surface area contributed by atoms with Crippen molar-refractivity contribution in [1.82, 2.24) is 25.0 Å². The summed E-state index contributed by atoms with van der Waals surface area (Å²) in [6.45, 7) is 3.02. The van der Waals surface area contributed by atoms with Crippen LogP contribution in [0.3, 0.4) is 0 Å². The van der Waals surface area contributed by atoms with Crippen LogP contribution in [-0.4, -0.2) is 25.0 Å². The van der Waals surface area contributed by atoms with E-state index in [1.807, 2.05) is 49.4 Å². The third-order valence-corrected chi connectivity index (χ3v) is 4.42. The van der Waals surface area contributed by atoms with Crippen molar-refractivity contribution in [2.24, 2.45) is 0 Å². The molecule has 0 saturated carbocycles. The lowest BCUT2D eigenvalue weighted by Crippen LogP contribution is -2.06. The standard InChI is InChI=1S/C19H17ClN6/c1-13-22-18(21-11-14-7-3-2-4-8-14)17-19(23-13)26(25-24-17)12-15-9-5-6-10-16(15)20/h2-10H,11-12H2,1H3,(H,21,22,23). The molecule has 2 aromatic heterocycles. The largest absolute Gasteiger partial charge is 0.364 e. The molecule has 0 aliphatic heterocycles. The van der Waals surface area contributed by atoms with E-state index in [0.717, 1.165) is 5.56 Å². The maximum absolute atomic E-state index is 6.27. The second-order valence-corrected chi connectivity index (χ2v) is 6.38. The van der Waals surface area contributed by atoms with E-state index < -0.39 is 0 Å². The van der Waals surface area contributed by atoms with Gasteiger partial charge in [0.1, 0.15) is 5.82 Å². The molecule has 0 amide bonds. The molecule has 0 fully saturated rings. The highest BCUT2D eigenvalue weighted by Crippen LogP contribution is 2.21. The summed E-state index contributed by atoms with van der Waals surface area (Å²) >= 11 is 6.27. The zero-order chi connectivity index (χ0) is 17.9. The quantitative estimate of drug-likeness (QED) is 0.582. The number of rotatable bonds is 5. The molecule has 26 heavy (non-hydrogen) atoms. The Labute approximate surface area is 155 Å². The highest BCUT2D eigenvalue weighted by molar-refractivity contribution is 6.31. The first-order chi connectivity index (χ1) is 12.7. The zero-order valence-corrected chi connectivity index (χ0v) is 15.0. The Morgan fingerprint density at radius 2 is 1.77 bits per heavy atom. The Morgan fingerprint density at radius 1 is 1.00 bits per heavy atom. The zero-order valence-electron chi connectivity index (χ0n) is 14.2. The molecule has 2 heterocycles. The lowest BCUT2D eigenvalue weighted by molar-refractivity contribution is 0.663. The third kappa shape index (κ3) is 3.36. The van der Waals surface area contributed by atoms with Crippen LogP contribution >= 0.6 is 11.6 Å².